The minimum absolute atomic E-state index is 0.161. The zero-order valence-corrected chi connectivity index (χ0v) is 21.9. The number of aromatic nitrogens is 3. The number of H-pyrrole nitrogens is 1. The number of pyridine rings is 1. The van der Waals surface area contributed by atoms with Crippen molar-refractivity contribution >= 4 is 57.7 Å². The number of rotatable bonds is 8. The molecule has 4 rings (SSSR count). The van der Waals surface area contributed by atoms with E-state index in [1.807, 2.05) is 6.07 Å². The van der Waals surface area contributed by atoms with Crippen LogP contribution in [0.15, 0.2) is 59.5 Å². The van der Waals surface area contributed by atoms with E-state index in [9.17, 15) is 19.5 Å². The Morgan fingerprint density at radius 1 is 1.08 bits per heavy atom. The third-order valence-corrected chi connectivity index (χ3v) is 5.90. The lowest BCUT2D eigenvalue weighted by molar-refractivity contribution is 0.0939. The van der Waals surface area contributed by atoms with Crippen LogP contribution in [0.3, 0.4) is 0 Å². The van der Waals surface area contributed by atoms with E-state index >= 15 is 0 Å². The first-order chi connectivity index (χ1) is 18.0. The summed E-state index contributed by atoms with van der Waals surface area (Å²) in [5.74, 6) is -0.896. The van der Waals surface area contributed by atoms with Crippen LogP contribution in [0.2, 0.25) is 10.0 Å². The van der Waals surface area contributed by atoms with Crippen LogP contribution in [0.4, 0.5) is 11.6 Å². The Labute approximate surface area is 227 Å². The van der Waals surface area contributed by atoms with Gasteiger partial charge in [-0.05, 0) is 55.8 Å². The summed E-state index contributed by atoms with van der Waals surface area (Å²) in [5, 5.41) is 19.3. The maximum absolute atomic E-state index is 13.0. The first kappa shape index (κ1) is 27.1. The molecule has 0 bridgehead atoms. The Kier molecular flexibility index (Phi) is 7.96. The average Bonchev–Trinajstić information content (AvgIpc) is 2.86. The molecule has 0 radical (unpaired) electrons. The third-order valence-electron chi connectivity index (χ3n) is 5.34. The molecule has 0 aliphatic carbocycles. The number of hydrogen-bond acceptors (Lipinski definition) is 7. The summed E-state index contributed by atoms with van der Waals surface area (Å²) in [5.41, 5.74) is -0.376. The summed E-state index contributed by atoms with van der Waals surface area (Å²) in [6.07, 6.45) is 1.44. The molecule has 196 valence electrons. The van der Waals surface area contributed by atoms with Crippen LogP contribution in [-0.4, -0.2) is 44.0 Å². The van der Waals surface area contributed by atoms with E-state index in [-0.39, 0.29) is 52.4 Å². The molecular weight excluding hydrogens is 531 g/mol. The number of halogens is 2. The van der Waals surface area contributed by atoms with Gasteiger partial charge in [0.25, 0.3) is 17.4 Å². The van der Waals surface area contributed by atoms with Crippen molar-refractivity contribution in [2.45, 2.75) is 26.0 Å². The Balaban J connectivity index is 1.49. The van der Waals surface area contributed by atoms with Crippen molar-refractivity contribution < 1.29 is 14.7 Å². The maximum atomic E-state index is 13.0. The molecule has 5 N–H and O–H groups in total. The fourth-order valence-corrected chi connectivity index (χ4v) is 3.80. The van der Waals surface area contributed by atoms with Crippen molar-refractivity contribution in [1.29, 1.82) is 0 Å². The van der Waals surface area contributed by atoms with Gasteiger partial charge in [0.15, 0.2) is 0 Å². The van der Waals surface area contributed by atoms with Gasteiger partial charge < -0.3 is 26.0 Å². The van der Waals surface area contributed by atoms with Crippen LogP contribution in [0.1, 0.15) is 40.1 Å². The molecule has 38 heavy (non-hydrogen) atoms. The van der Waals surface area contributed by atoms with Crippen LogP contribution in [0.25, 0.3) is 11.0 Å². The number of hydrogen-bond donors (Lipinski definition) is 5. The van der Waals surface area contributed by atoms with Crippen molar-refractivity contribution in [3.8, 4) is 0 Å². The molecule has 0 spiro atoms. The highest BCUT2D eigenvalue weighted by molar-refractivity contribution is 6.34. The largest absolute Gasteiger partial charge is 0.389 e. The number of amides is 2. The molecule has 2 aromatic carbocycles. The zero-order valence-electron chi connectivity index (χ0n) is 20.4. The fraction of sp³-hybridized carbons (Fsp3) is 0.192. The van der Waals surface area contributed by atoms with E-state index in [1.165, 1.54) is 30.5 Å². The number of anilines is 2. The molecule has 0 aliphatic rings. The van der Waals surface area contributed by atoms with Crippen molar-refractivity contribution in [3.05, 3.63) is 91.8 Å². The van der Waals surface area contributed by atoms with Crippen LogP contribution < -0.4 is 21.5 Å². The molecule has 0 saturated heterocycles. The third kappa shape index (κ3) is 6.86. The number of nitrogens with one attached hydrogen (secondary N) is 4. The Hall–Kier alpha value is -3.99. The lowest BCUT2D eigenvalue weighted by Crippen LogP contribution is -2.30. The maximum Gasteiger partial charge on any atom is 0.262 e. The number of nitrogens with zero attached hydrogens (tertiary/aromatic N) is 2. The Morgan fingerprint density at radius 2 is 1.87 bits per heavy atom. The van der Waals surface area contributed by atoms with E-state index in [0.29, 0.717) is 10.4 Å². The van der Waals surface area contributed by atoms with Crippen LogP contribution in [0, 0.1) is 0 Å². The lowest BCUT2D eigenvalue weighted by atomic mass is 10.1. The number of aromatic amines is 1. The molecular formula is C26H24Cl2N6O4. The van der Waals surface area contributed by atoms with Crippen molar-refractivity contribution in [2.75, 3.05) is 17.2 Å². The molecule has 12 heteroatoms. The predicted molar refractivity (Wildman–Crippen MR) is 147 cm³/mol. The highest BCUT2D eigenvalue weighted by Crippen LogP contribution is 2.24. The molecule has 2 aromatic heterocycles. The quantitative estimate of drug-likeness (QED) is 0.221. The van der Waals surface area contributed by atoms with E-state index in [1.54, 1.807) is 32.0 Å². The summed E-state index contributed by atoms with van der Waals surface area (Å²) in [6.45, 7) is 3.71. The van der Waals surface area contributed by atoms with Gasteiger partial charge in [0.2, 0.25) is 5.95 Å². The fourth-order valence-electron chi connectivity index (χ4n) is 3.43. The van der Waals surface area contributed by atoms with E-state index in [2.05, 4.69) is 30.9 Å². The van der Waals surface area contributed by atoms with Gasteiger partial charge in [0, 0.05) is 35.3 Å². The number of fused-ring (bicyclic) bond motifs is 1. The minimum atomic E-state index is -0.983. The van der Waals surface area contributed by atoms with Gasteiger partial charge in [-0.1, -0.05) is 35.3 Å². The number of aliphatic hydroxyl groups is 1. The highest BCUT2D eigenvalue weighted by atomic mass is 35.5. The zero-order chi connectivity index (χ0) is 27.4. The molecule has 2 heterocycles. The van der Waals surface area contributed by atoms with E-state index in [4.69, 9.17) is 23.2 Å². The standard InChI is InChI=1S/C26H24Cl2N6O4/c1-26(2,38)13-31-25-30-12-16-9-18(24(37)33-21(16)34-25)23(36)32-20-10-15(6-7-19(20)28)22(35)29-11-14-4-3-5-17(27)8-14/h3-10,12,38H,11,13H2,1-2H3,(H,29,35)(H,32,36)(H2,30,31,33,34,37). The summed E-state index contributed by atoms with van der Waals surface area (Å²) < 4.78 is 0. The van der Waals surface area contributed by atoms with E-state index < -0.39 is 17.1 Å². The van der Waals surface area contributed by atoms with Crippen LogP contribution in [-0.2, 0) is 6.54 Å². The topological polar surface area (TPSA) is 149 Å². The van der Waals surface area contributed by atoms with Gasteiger partial charge in [0.1, 0.15) is 11.2 Å². The highest BCUT2D eigenvalue weighted by Gasteiger charge is 2.17. The first-order valence-electron chi connectivity index (χ1n) is 11.5. The van der Waals surface area contributed by atoms with Crippen molar-refractivity contribution in [3.63, 3.8) is 0 Å². The Bertz CT molecular complexity index is 1580. The summed E-state index contributed by atoms with van der Waals surface area (Å²) >= 11 is 12.2. The molecule has 0 saturated carbocycles. The second-order valence-electron chi connectivity index (χ2n) is 9.14. The molecule has 0 aliphatic heterocycles. The van der Waals surface area contributed by atoms with E-state index in [0.717, 1.165) is 5.56 Å². The van der Waals surface area contributed by atoms with Crippen molar-refractivity contribution in [1.82, 2.24) is 20.3 Å². The summed E-state index contributed by atoms with van der Waals surface area (Å²) in [6, 6.07) is 12.9. The SMILES string of the molecule is CC(C)(O)CNc1ncc2cc(C(=O)Nc3cc(C(=O)NCc4cccc(Cl)c4)ccc3Cl)c(=O)[nH]c2n1. The van der Waals surface area contributed by atoms with Gasteiger partial charge in [-0.3, -0.25) is 14.4 Å². The number of carbonyl (C=O) groups excluding carboxylic acids is 2. The number of carbonyl (C=O) groups is 2. The molecule has 4 aromatic rings. The molecule has 0 unspecified atom stereocenters. The van der Waals surface area contributed by atoms with Crippen LogP contribution in [0.5, 0.6) is 0 Å². The van der Waals surface area contributed by atoms with Crippen molar-refractivity contribution in [2.24, 2.45) is 0 Å². The second kappa shape index (κ2) is 11.2. The molecule has 0 fully saturated rings. The molecule has 2 amide bonds. The van der Waals surface area contributed by atoms with Gasteiger partial charge >= 0.3 is 0 Å². The van der Waals surface area contributed by atoms with Crippen LogP contribution >= 0.6 is 23.2 Å². The van der Waals surface area contributed by atoms with Gasteiger partial charge in [-0.2, -0.15) is 4.98 Å². The first-order valence-corrected chi connectivity index (χ1v) is 12.2. The molecule has 0 atom stereocenters. The van der Waals surface area contributed by atoms with Gasteiger partial charge in [0.05, 0.1) is 16.3 Å². The summed E-state index contributed by atoms with van der Waals surface area (Å²) in [4.78, 5) is 49.2. The normalized spacial score (nSPS) is 11.3. The van der Waals surface area contributed by atoms with Gasteiger partial charge in [-0.25, -0.2) is 4.98 Å². The Morgan fingerprint density at radius 3 is 2.61 bits per heavy atom. The predicted octanol–water partition coefficient (Wildman–Crippen LogP) is 3.99. The molecule has 10 nitrogen and oxygen atoms in total. The van der Waals surface area contributed by atoms with Gasteiger partial charge in [-0.15, -0.1) is 0 Å². The lowest BCUT2D eigenvalue weighted by Gasteiger charge is -2.17. The minimum Gasteiger partial charge on any atom is -0.389 e. The summed E-state index contributed by atoms with van der Waals surface area (Å²) in [7, 11) is 0. The monoisotopic (exact) mass is 554 g/mol. The second-order valence-corrected chi connectivity index (χ2v) is 9.98. The smallest absolute Gasteiger partial charge is 0.262 e. The number of benzene rings is 2. The average molecular weight is 555 g/mol.